The first-order valence-corrected chi connectivity index (χ1v) is 6.94. The average Bonchev–Trinajstić information content (AvgIpc) is 2.35. The van der Waals surface area contributed by atoms with Gasteiger partial charge >= 0.3 is 0 Å². The van der Waals surface area contributed by atoms with Crippen LogP contribution in [0.2, 0.25) is 0 Å². The van der Waals surface area contributed by atoms with Crippen LogP contribution in [0.4, 0.5) is 0 Å². The second kappa shape index (κ2) is 4.93. The molecule has 2 rings (SSSR count). The fourth-order valence-electron chi connectivity index (χ4n) is 2.63. The highest BCUT2D eigenvalue weighted by molar-refractivity contribution is 5.50. The molecule has 2 nitrogen and oxygen atoms in total. The number of ether oxygens (including phenoxy) is 1. The van der Waals surface area contributed by atoms with Crippen molar-refractivity contribution in [3.63, 3.8) is 0 Å². The Kier molecular flexibility index (Phi) is 3.67. The van der Waals surface area contributed by atoms with Gasteiger partial charge in [0, 0.05) is 23.6 Å². The van der Waals surface area contributed by atoms with Crippen molar-refractivity contribution in [2.24, 2.45) is 0 Å². The van der Waals surface area contributed by atoms with E-state index in [1.54, 1.807) is 0 Å². The molecule has 0 spiro atoms. The summed E-state index contributed by atoms with van der Waals surface area (Å²) >= 11 is 0. The van der Waals surface area contributed by atoms with Crippen LogP contribution in [0.1, 0.15) is 56.8 Å². The van der Waals surface area contributed by atoms with E-state index < -0.39 is 0 Å². The molecule has 1 aliphatic rings. The van der Waals surface area contributed by atoms with Crippen molar-refractivity contribution in [3.05, 3.63) is 28.8 Å². The van der Waals surface area contributed by atoms with Crippen molar-refractivity contribution in [1.29, 1.82) is 0 Å². The lowest BCUT2D eigenvalue weighted by atomic mass is 9.82. The van der Waals surface area contributed by atoms with E-state index >= 15 is 0 Å². The molecule has 2 heteroatoms. The molecule has 1 N–H and O–H groups in total. The predicted molar refractivity (Wildman–Crippen MR) is 76.4 cm³/mol. The summed E-state index contributed by atoms with van der Waals surface area (Å²) in [5.74, 6) is 1.12. The molecule has 1 heterocycles. The van der Waals surface area contributed by atoms with Crippen LogP contribution in [-0.2, 0) is 11.8 Å². The maximum atomic E-state index is 5.97. The van der Waals surface area contributed by atoms with E-state index in [4.69, 9.17) is 4.74 Å². The third kappa shape index (κ3) is 2.39. The van der Waals surface area contributed by atoms with Gasteiger partial charge in [-0.3, -0.25) is 0 Å². The van der Waals surface area contributed by atoms with Gasteiger partial charge in [-0.05, 0) is 24.4 Å². The molecule has 1 aromatic carbocycles. The summed E-state index contributed by atoms with van der Waals surface area (Å²) in [5.41, 5.74) is 4.22. The largest absolute Gasteiger partial charge is 0.493 e. The number of rotatable bonds is 2. The SMILES string of the molecule is CCc1cc2c(c(C(C)(C)C)c1)OCCC2NC. The summed E-state index contributed by atoms with van der Waals surface area (Å²) in [6, 6.07) is 5.06. The maximum absolute atomic E-state index is 5.97. The molecular formula is C16H25NO. The van der Waals surface area contributed by atoms with Gasteiger partial charge in [0.25, 0.3) is 0 Å². The zero-order valence-corrected chi connectivity index (χ0v) is 12.3. The van der Waals surface area contributed by atoms with Crippen LogP contribution < -0.4 is 10.1 Å². The summed E-state index contributed by atoms with van der Waals surface area (Å²) in [5, 5.41) is 3.41. The molecule has 0 saturated carbocycles. The summed E-state index contributed by atoms with van der Waals surface area (Å²) in [4.78, 5) is 0. The minimum Gasteiger partial charge on any atom is -0.493 e. The van der Waals surface area contributed by atoms with E-state index in [2.05, 4.69) is 45.1 Å². The molecule has 0 aliphatic carbocycles. The van der Waals surface area contributed by atoms with Crippen molar-refractivity contribution < 1.29 is 4.74 Å². The molecule has 1 atom stereocenters. The van der Waals surface area contributed by atoms with Crippen LogP contribution in [-0.4, -0.2) is 13.7 Å². The van der Waals surface area contributed by atoms with Crippen molar-refractivity contribution in [2.45, 2.75) is 52.0 Å². The number of hydrogen-bond donors (Lipinski definition) is 1. The second-order valence-corrected chi connectivity index (χ2v) is 6.14. The minimum atomic E-state index is 0.130. The number of fused-ring (bicyclic) bond motifs is 1. The van der Waals surface area contributed by atoms with Gasteiger partial charge in [-0.1, -0.05) is 39.8 Å². The van der Waals surface area contributed by atoms with Gasteiger partial charge in [0.2, 0.25) is 0 Å². The third-order valence-electron chi connectivity index (χ3n) is 3.77. The summed E-state index contributed by atoms with van der Waals surface area (Å²) in [6.07, 6.45) is 2.13. The van der Waals surface area contributed by atoms with E-state index in [9.17, 15) is 0 Å². The quantitative estimate of drug-likeness (QED) is 0.862. The number of benzene rings is 1. The molecule has 1 aliphatic heterocycles. The first kappa shape index (κ1) is 13.4. The molecule has 0 bridgehead atoms. The van der Waals surface area contributed by atoms with Gasteiger partial charge in [0.15, 0.2) is 0 Å². The van der Waals surface area contributed by atoms with Crippen LogP contribution in [0.15, 0.2) is 12.1 Å². The van der Waals surface area contributed by atoms with Gasteiger partial charge < -0.3 is 10.1 Å². The molecule has 0 saturated heterocycles. The molecule has 1 unspecified atom stereocenters. The Morgan fingerprint density at radius 1 is 1.33 bits per heavy atom. The topological polar surface area (TPSA) is 21.3 Å². The highest BCUT2D eigenvalue weighted by Gasteiger charge is 2.28. The normalized spacial score (nSPS) is 19.3. The van der Waals surface area contributed by atoms with Crippen LogP contribution in [0, 0.1) is 0 Å². The second-order valence-electron chi connectivity index (χ2n) is 6.14. The zero-order valence-electron chi connectivity index (χ0n) is 12.3. The molecule has 0 aromatic heterocycles. The fourth-order valence-corrected chi connectivity index (χ4v) is 2.63. The van der Waals surface area contributed by atoms with Crippen molar-refractivity contribution in [1.82, 2.24) is 5.32 Å². The van der Waals surface area contributed by atoms with E-state index in [1.807, 2.05) is 7.05 Å². The van der Waals surface area contributed by atoms with E-state index in [-0.39, 0.29) is 5.41 Å². The van der Waals surface area contributed by atoms with Crippen LogP contribution in [0.5, 0.6) is 5.75 Å². The van der Waals surface area contributed by atoms with Gasteiger partial charge in [-0.25, -0.2) is 0 Å². The Labute approximate surface area is 111 Å². The summed E-state index contributed by atoms with van der Waals surface area (Å²) in [7, 11) is 2.04. The molecule has 100 valence electrons. The standard InChI is InChI=1S/C16H25NO/c1-6-11-9-12-14(17-5)7-8-18-15(12)13(10-11)16(2,3)4/h9-10,14,17H,6-8H2,1-5H3. The van der Waals surface area contributed by atoms with Crippen LogP contribution in [0.3, 0.4) is 0 Å². The van der Waals surface area contributed by atoms with Crippen molar-refractivity contribution in [2.75, 3.05) is 13.7 Å². The Morgan fingerprint density at radius 3 is 2.61 bits per heavy atom. The Balaban J connectivity index is 2.60. The van der Waals surface area contributed by atoms with Gasteiger partial charge in [0.1, 0.15) is 5.75 Å². The predicted octanol–water partition coefficient (Wildman–Crippen LogP) is 3.59. The molecule has 1 aromatic rings. The lowest BCUT2D eigenvalue weighted by molar-refractivity contribution is 0.250. The number of aryl methyl sites for hydroxylation is 1. The highest BCUT2D eigenvalue weighted by atomic mass is 16.5. The van der Waals surface area contributed by atoms with Crippen LogP contribution in [0.25, 0.3) is 0 Å². The van der Waals surface area contributed by atoms with Gasteiger partial charge in [-0.15, -0.1) is 0 Å². The molecule has 0 fully saturated rings. The summed E-state index contributed by atoms with van der Waals surface area (Å²) < 4.78 is 5.97. The monoisotopic (exact) mass is 247 g/mol. The summed E-state index contributed by atoms with van der Waals surface area (Å²) in [6.45, 7) is 9.80. The maximum Gasteiger partial charge on any atom is 0.127 e. The molecular weight excluding hydrogens is 222 g/mol. The number of nitrogens with one attached hydrogen (secondary N) is 1. The first-order valence-electron chi connectivity index (χ1n) is 6.94. The minimum absolute atomic E-state index is 0.130. The van der Waals surface area contributed by atoms with E-state index in [1.165, 1.54) is 16.7 Å². The highest BCUT2D eigenvalue weighted by Crippen LogP contribution is 2.41. The van der Waals surface area contributed by atoms with Crippen molar-refractivity contribution >= 4 is 0 Å². The fraction of sp³-hybridized carbons (Fsp3) is 0.625. The van der Waals surface area contributed by atoms with Gasteiger partial charge in [0.05, 0.1) is 6.61 Å². The number of hydrogen-bond acceptors (Lipinski definition) is 2. The van der Waals surface area contributed by atoms with E-state index in [0.717, 1.165) is 25.2 Å². The first-order chi connectivity index (χ1) is 8.47. The Hall–Kier alpha value is -1.02. The Morgan fingerprint density at radius 2 is 2.06 bits per heavy atom. The smallest absolute Gasteiger partial charge is 0.127 e. The zero-order chi connectivity index (χ0) is 13.3. The molecule has 0 radical (unpaired) electrons. The van der Waals surface area contributed by atoms with Gasteiger partial charge in [-0.2, -0.15) is 0 Å². The third-order valence-corrected chi connectivity index (χ3v) is 3.77. The lowest BCUT2D eigenvalue weighted by Crippen LogP contribution is -2.27. The Bertz CT molecular complexity index is 431. The lowest BCUT2D eigenvalue weighted by Gasteiger charge is -2.32. The molecule has 18 heavy (non-hydrogen) atoms. The molecule has 0 amide bonds. The average molecular weight is 247 g/mol. The van der Waals surface area contributed by atoms with Crippen LogP contribution >= 0.6 is 0 Å². The van der Waals surface area contributed by atoms with Crippen molar-refractivity contribution in [3.8, 4) is 5.75 Å². The van der Waals surface area contributed by atoms with E-state index in [0.29, 0.717) is 6.04 Å².